The summed E-state index contributed by atoms with van der Waals surface area (Å²) in [6.07, 6.45) is 0.648. The predicted octanol–water partition coefficient (Wildman–Crippen LogP) is 1.86. The molecule has 0 spiro atoms. The molecule has 2 fully saturated rings. The molecule has 1 unspecified atom stereocenters. The van der Waals surface area contributed by atoms with Gasteiger partial charge in [0.2, 0.25) is 5.91 Å². The van der Waals surface area contributed by atoms with E-state index in [0.29, 0.717) is 18.4 Å². The first-order chi connectivity index (χ1) is 11.2. The van der Waals surface area contributed by atoms with Crippen LogP contribution >= 0.6 is 24.8 Å². The number of anilines is 1. The number of nitrogens with one attached hydrogen (secondary N) is 1. The predicted molar refractivity (Wildman–Crippen MR) is 108 cm³/mol. The number of carbonyl (C=O) groups excluding carboxylic acids is 1. The van der Waals surface area contributed by atoms with Gasteiger partial charge in [-0.25, -0.2) is 0 Å². The van der Waals surface area contributed by atoms with Gasteiger partial charge in [0, 0.05) is 70.5 Å². The number of nitrogens with zero attached hydrogens (tertiary/aromatic N) is 3. The van der Waals surface area contributed by atoms with Crippen LogP contribution in [0.5, 0.6) is 0 Å². The number of piperazine rings is 2. The summed E-state index contributed by atoms with van der Waals surface area (Å²) in [6.45, 7) is 9.87. The molecule has 1 N–H and O–H groups in total. The van der Waals surface area contributed by atoms with Crippen LogP contribution in [0.1, 0.15) is 13.3 Å². The van der Waals surface area contributed by atoms with Crippen LogP contribution in [-0.4, -0.2) is 74.1 Å². The van der Waals surface area contributed by atoms with Crippen LogP contribution in [0.15, 0.2) is 30.3 Å². The zero-order valence-electron chi connectivity index (χ0n) is 14.9. The second-order valence-corrected chi connectivity index (χ2v) is 6.55. The van der Waals surface area contributed by atoms with Crippen LogP contribution in [-0.2, 0) is 4.79 Å². The molecule has 3 rings (SSSR count). The van der Waals surface area contributed by atoms with Gasteiger partial charge in [0.15, 0.2) is 0 Å². The van der Waals surface area contributed by atoms with Crippen molar-refractivity contribution in [1.29, 1.82) is 0 Å². The molecule has 1 aromatic rings. The minimum absolute atomic E-state index is 0. The first kappa shape index (κ1) is 22.0. The fraction of sp³-hybridized carbons (Fsp3) is 0.611. The third-order valence-corrected chi connectivity index (χ3v) is 4.96. The molecule has 0 bridgehead atoms. The number of halogens is 2. The van der Waals surface area contributed by atoms with Crippen LogP contribution in [0.4, 0.5) is 5.69 Å². The minimum atomic E-state index is 0. The molecule has 2 heterocycles. The van der Waals surface area contributed by atoms with E-state index in [-0.39, 0.29) is 24.8 Å². The summed E-state index contributed by atoms with van der Waals surface area (Å²) < 4.78 is 0. The van der Waals surface area contributed by atoms with Gasteiger partial charge in [0.25, 0.3) is 0 Å². The number of rotatable bonds is 4. The Labute approximate surface area is 163 Å². The SMILES string of the molecule is CC1CNCCN1C(=O)CCN1CCN(c2ccccc2)CC1.Cl.Cl. The molecular weight excluding hydrogens is 359 g/mol. The summed E-state index contributed by atoms with van der Waals surface area (Å²) in [5, 5.41) is 3.34. The summed E-state index contributed by atoms with van der Waals surface area (Å²) in [7, 11) is 0. The highest BCUT2D eigenvalue weighted by Gasteiger charge is 2.24. The fourth-order valence-corrected chi connectivity index (χ4v) is 3.48. The highest BCUT2D eigenvalue weighted by molar-refractivity contribution is 5.85. The molecule has 1 aromatic carbocycles. The molecule has 0 aliphatic carbocycles. The van der Waals surface area contributed by atoms with Gasteiger partial charge in [-0.3, -0.25) is 9.69 Å². The van der Waals surface area contributed by atoms with Crippen LogP contribution in [0.2, 0.25) is 0 Å². The highest BCUT2D eigenvalue weighted by atomic mass is 35.5. The van der Waals surface area contributed by atoms with Crippen molar-refractivity contribution in [2.24, 2.45) is 0 Å². The average molecular weight is 389 g/mol. The lowest BCUT2D eigenvalue weighted by molar-refractivity contribution is -0.134. The number of benzene rings is 1. The topological polar surface area (TPSA) is 38.8 Å². The molecule has 25 heavy (non-hydrogen) atoms. The van der Waals surface area contributed by atoms with Crippen LogP contribution in [0.3, 0.4) is 0 Å². The molecule has 1 atom stereocenters. The maximum Gasteiger partial charge on any atom is 0.224 e. The van der Waals surface area contributed by atoms with Crippen LogP contribution < -0.4 is 10.2 Å². The van der Waals surface area contributed by atoms with Crippen LogP contribution in [0, 0.1) is 0 Å². The molecule has 5 nitrogen and oxygen atoms in total. The maximum absolute atomic E-state index is 12.4. The number of amides is 1. The smallest absolute Gasteiger partial charge is 0.224 e. The van der Waals surface area contributed by atoms with Gasteiger partial charge in [-0.2, -0.15) is 0 Å². The summed E-state index contributed by atoms with van der Waals surface area (Å²) >= 11 is 0. The first-order valence-corrected chi connectivity index (χ1v) is 8.76. The van der Waals surface area contributed by atoms with E-state index < -0.39 is 0 Å². The summed E-state index contributed by atoms with van der Waals surface area (Å²) in [5.41, 5.74) is 1.30. The van der Waals surface area contributed by atoms with Crippen molar-refractivity contribution >= 4 is 36.4 Å². The van der Waals surface area contributed by atoms with Crippen molar-refractivity contribution in [3.8, 4) is 0 Å². The van der Waals surface area contributed by atoms with Gasteiger partial charge < -0.3 is 15.1 Å². The van der Waals surface area contributed by atoms with E-state index in [1.54, 1.807) is 0 Å². The van der Waals surface area contributed by atoms with E-state index >= 15 is 0 Å². The molecule has 2 aliphatic rings. The summed E-state index contributed by atoms with van der Waals surface area (Å²) in [6, 6.07) is 10.9. The van der Waals surface area contributed by atoms with Gasteiger partial charge >= 0.3 is 0 Å². The Morgan fingerprint density at radius 3 is 2.40 bits per heavy atom. The zero-order chi connectivity index (χ0) is 16.1. The lowest BCUT2D eigenvalue weighted by Crippen LogP contribution is -2.53. The van der Waals surface area contributed by atoms with Crippen molar-refractivity contribution < 1.29 is 4.79 Å². The van der Waals surface area contributed by atoms with E-state index in [1.165, 1.54) is 5.69 Å². The largest absolute Gasteiger partial charge is 0.369 e. The van der Waals surface area contributed by atoms with Gasteiger partial charge in [-0.05, 0) is 19.1 Å². The second-order valence-electron chi connectivity index (χ2n) is 6.55. The molecule has 7 heteroatoms. The molecule has 0 aromatic heterocycles. The Balaban J connectivity index is 0.00000156. The van der Waals surface area contributed by atoms with Crippen LogP contribution in [0.25, 0.3) is 0 Å². The average Bonchev–Trinajstić information content (AvgIpc) is 2.61. The van der Waals surface area contributed by atoms with Gasteiger partial charge in [0.1, 0.15) is 0 Å². The Morgan fingerprint density at radius 1 is 1.08 bits per heavy atom. The lowest BCUT2D eigenvalue weighted by Gasteiger charge is -2.37. The lowest BCUT2D eigenvalue weighted by atomic mass is 10.2. The molecule has 1 amide bonds. The molecular formula is C18H30Cl2N4O. The standard InChI is InChI=1S/C18H28N4O.2ClH/c1-16-15-19-8-10-22(16)18(23)7-9-20-11-13-21(14-12-20)17-5-3-2-4-6-17;;/h2-6,16,19H,7-15H2,1H3;2*1H. The van der Waals surface area contributed by atoms with Crippen molar-refractivity contribution in [2.45, 2.75) is 19.4 Å². The van der Waals surface area contributed by atoms with Gasteiger partial charge in [-0.15, -0.1) is 24.8 Å². The normalized spacial score (nSPS) is 21.2. The molecule has 2 saturated heterocycles. The van der Waals surface area contributed by atoms with E-state index in [2.05, 4.69) is 52.4 Å². The van der Waals surface area contributed by atoms with E-state index in [0.717, 1.165) is 52.4 Å². The van der Waals surface area contributed by atoms with Gasteiger partial charge in [0.05, 0.1) is 0 Å². The van der Waals surface area contributed by atoms with E-state index in [9.17, 15) is 4.79 Å². The highest BCUT2D eigenvalue weighted by Crippen LogP contribution is 2.15. The quantitative estimate of drug-likeness (QED) is 0.854. The Bertz CT molecular complexity index is 509. The van der Waals surface area contributed by atoms with E-state index in [4.69, 9.17) is 0 Å². The number of hydrogen-bond donors (Lipinski definition) is 1. The molecule has 0 saturated carbocycles. The molecule has 0 radical (unpaired) electrons. The monoisotopic (exact) mass is 388 g/mol. The summed E-state index contributed by atoms with van der Waals surface area (Å²) in [5.74, 6) is 0.310. The molecule has 2 aliphatic heterocycles. The Kier molecular flexibility index (Phi) is 9.57. The number of para-hydroxylation sites is 1. The van der Waals surface area contributed by atoms with E-state index in [1.807, 2.05) is 4.90 Å². The van der Waals surface area contributed by atoms with Gasteiger partial charge in [-0.1, -0.05) is 18.2 Å². The Hall–Kier alpha value is -1.01. The summed E-state index contributed by atoms with van der Waals surface area (Å²) in [4.78, 5) is 19.3. The zero-order valence-corrected chi connectivity index (χ0v) is 16.5. The van der Waals surface area contributed by atoms with Crippen molar-refractivity contribution in [3.05, 3.63) is 30.3 Å². The minimum Gasteiger partial charge on any atom is -0.369 e. The van der Waals surface area contributed by atoms with Crippen molar-refractivity contribution in [2.75, 3.05) is 57.3 Å². The third-order valence-electron chi connectivity index (χ3n) is 4.96. The number of carbonyl (C=O) groups is 1. The Morgan fingerprint density at radius 2 is 1.76 bits per heavy atom. The maximum atomic E-state index is 12.4. The number of hydrogen-bond acceptors (Lipinski definition) is 4. The second kappa shape index (κ2) is 10.9. The molecule has 142 valence electrons. The first-order valence-electron chi connectivity index (χ1n) is 8.76. The van der Waals surface area contributed by atoms with Crippen molar-refractivity contribution in [3.63, 3.8) is 0 Å². The van der Waals surface area contributed by atoms with Crippen molar-refractivity contribution in [1.82, 2.24) is 15.1 Å². The fourth-order valence-electron chi connectivity index (χ4n) is 3.48. The third kappa shape index (κ3) is 6.03.